The quantitative estimate of drug-likeness (QED) is 0.780. The van der Waals surface area contributed by atoms with Gasteiger partial charge in [-0.2, -0.15) is 0 Å². The highest BCUT2D eigenvalue weighted by Gasteiger charge is 2.46. The van der Waals surface area contributed by atoms with Crippen molar-refractivity contribution >= 4 is 21.0 Å². The molecule has 138 valence electrons. The third kappa shape index (κ3) is 3.33. The van der Waals surface area contributed by atoms with Crippen molar-refractivity contribution < 1.29 is 17.5 Å². The second-order valence-electron chi connectivity index (χ2n) is 7.68. The molecule has 0 radical (unpaired) electrons. The topological polar surface area (TPSA) is 43.4 Å². The summed E-state index contributed by atoms with van der Waals surface area (Å²) in [5, 5.41) is 0. The largest absolute Gasteiger partial charge is 0.360 e. The van der Waals surface area contributed by atoms with Crippen molar-refractivity contribution in [3.05, 3.63) is 65.5 Å². The molecule has 3 nitrogen and oxygen atoms in total. The Morgan fingerprint density at radius 3 is 1.54 bits per heavy atom. The van der Waals surface area contributed by atoms with Gasteiger partial charge in [0.1, 0.15) is 5.82 Å². The molecule has 1 aliphatic rings. The summed E-state index contributed by atoms with van der Waals surface area (Å²) >= 11 is 0. The predicted octanol–water partition coefficient (Wildman–Crippen LogP) is 4.73. The standard InChI is InChI=1S/C21H23FO3S/c1-20(2)18(14-6-10-16(22)11-7-14)19(21(3,4)25-20)15-8-12-17(13-9-15)26(5,23)24/h6-13H,1-5H3. The van der Waals surface area contributed by atoms with Gasteiger partial charge in [0.15, 0.2) is 9.84 Å². The zero-order chi connectivity index (χ0) is 19.3. The molecule has 0 amide bonds. The fourth-order valence-corrected chi connectivity index (χ4v) is 4.44. The van der Waals surface area contributed by atoms with Gasteiger partial charge in [-0.05, 0) is 74.2 Å². The molecular formula is C21H23FO3S. The third-order valence-electron chi connectivity index (χ3n) is 4.67. The van der Waals surface area contributed by atoms with Crippen molar-refractivity contribution in [3.63, 3.8) is 0 Å². The van der Waals surface area contributed by atoms with E-state index in [9.17, 15) is 12.8 Å². The Kier molecular flexibility index (Phi) is 4.36. The van der Waals surface area contributed by atoms with Crippen LogP contribution in [0.15, 0.2) is 53.4 Å². The lowest BCUT2D eigenvalue weighted by Gasteiger charge is -2.27. The molecule has 26 heavy (non-hydrogen) atoms. The number of sulfone groups is 1. The lowest BCUT2D eigenvalue weighted by molar-refractivity contribution is -0.0402. The first kappa shape index (κ1) is 18.8. The molecule has 3 rings (SSSR count). The van der Waals surface area contributed by atoms with Crippen LogP contribution in [0.25, 0.3) is 11.1 Å². The first-order valence-corrected chi connectivity index (χ1v) is 10.3. The van der Waals surface area contributed by atoms with E-state index in [1.165, 1.54) is 18.4 Å². The van der Waals surface area contributed by atoms with E-state index in [1.54, 1.807) is 24.3 Å². The van der Waals surface area contributed by atoms with Crippen molar-refractivity contribution in [2.45, 2.75) is 43.8 Å². The van der Waals surface area contributed by atoms with Gasteiger partial charge in [-0.25, -0.2) is 12.8 Å². The lowest BCUT2D eigenvalue weighted by atomic mass is 9.82. The summed E-state index contributed by atoms with van der Waals surface area (Å²) in [4.78, 5) is 0.279. The second-order valence-corrected chi connectivity index (χ2v) is 9.69. The minimum atomic E-state index is -3.25. The first-order chi connectivity index (χ1) is 11.9. The summed E-state index contributed by atoms with van der Waals surface area (Å²) in [7, 11) is -3.25. The smallest absolute Gasteiger partial charge is 0.175 e. The van der Waals surface area contributed by atoms with Gasteiger partial charge >= 0.3 is 0 Å². The maximum atomic E-state index is 13.4. The summed E-state index contributed by atoms with van der Waals surface area (Å²) < 4.78 is 43.2. The van der Waals surface area contributed by atoms with Crippen LogP contribution >= 0.6 is 0 Å². The van der Waals surface area contributed by atoms with E-state index >= 15 is 0 Å². The second kappa shape index (κ2) is 6.03. The van der Waals surface area contributed by atoms with Gasteiger partial charge in [-0.3, -0.25) is 0 Å². The fourth-order valence-electron chi connectivity index (χ4n) is 3.81. The van der Waals surface area contributed by atoms with E-state index in [1.807, 2.05) is 39.8 Å². The van der Waals surface area contributed by atoms with Crippen LogP contribution in [0.3, 0.4) is 0 Å². The molecule has 1 aliphatic heterocycles. The zero-order valence-electron chi connectivity index (χ0n) is 15.6. The van der Waals surface area contributed by atoms with Crippen LogP contribution in [-0.4, -0.2) is 25.9 Å². The highest BCUT2D eigenvalue weighted by Crippen LogP contribution is 2.51. The number of hydrogen-bond acceptors (Lipinski definition) is 3. The molecular weight excluding hydrogens is 351 g/mol. The molecule has 0 aliphatic carbocycles. The summed E-state index contributed by atoms with van der Waals surface area (Å²) in [5.41, 5.74) is 2.62. The van der Waals surface area contributed by atoms with Crippen LogP contribution in [0.5, 0.6) is 0 Å². The Labute approximate surface area is 154 Å². The SMILES string of the molecule is CC1(C)OC(C)(C)C(c2ccc(S(C)(=O)=O)cc2)=C1c1ccc(F)cc1. The molecule has 0 aromatic heterocycles. The van der Waals surface area contributed by atoms with Crippen LogP contribution < -0.4 is 0 Å². The van der Waals surface area contributed by atoms with Gasteiger partial charge < -0.3 is 4.74 Å². The van der Waals surface area contributed by atoms with E-state index in [0.717, 1.165) is 22.3 Å². The van der Waals surface area contributed by atoms with Gasteiger partial charge in [-0.15, -0.1) is 0 Å². The van der Waals surface area contributed by atoms with Crippen molar-refractivity contribution in [2.75, 3.05) is 6.26 Å². The van der Waals surface area contributed by atoms with E-state index in [0.29, 0.717) is 0 Å². The fraction of sp³-hybridized carbons (Fsp3) is 0.333. The summed E-state index contributed by atoms with van der Waals surface area (Å²) in [6.45, 7) is 7.97. The van der Waals surface area contributed by atoms with E-state index in [4.69, 9.17) is 4.74 Å². The molecule has 0 saturated heterocycles. The summed E-state index contributed by atoms with van der Waals surface area (Å²) in [6.07, 6.45) is 1.19. The normalized spacial score (nSPS) is 19.0. The van der Waals surface area contributed by atoms with Crippen LogP contribution in [0, 0.1) is 5.82 Å². The Bertz CT molecular complexity index is 967. The van der Waals surface area contributed by atoms with Gasteiger partial charge in [0.2, 0.25) is 0 Å². The minimum absolute atomic E-state index is 0.279. The molecule has 1 heterocycles. The third-order valence-corrected chi connectivity index (χ3v) is 5.80. The minimum Gasteiger partial charge on any atom is -0.360 e. The Hall–Kier alpha value is -1.98. The van der Waals surface area contributed by atoms with Crippen LogP contribution in [0.4, 0.5) is 4.39 Å². The Balaban J connectivity index is 2.24. The molecule has 0 atom stereocenters. The number of halogens is 1. The van der Waals surface area contributed by atoms with Crippen molar-refractivity contribution in [2.24, 2.45) is 0 Å². The van der Waals surface area contributed by atoms with Crippen LogP contribution in [0.2, 0.25) is 0 Å². The molecule has 0 N–H and O–H groups in total. The van der Waals surface area contributed by atoms with Gasteiger partial charge in [0.05, 0.1) is 16.1 Å². The molecule has 2 aromatic carbocycles. The van der Waals surface area contributed by atoms with Crippen LogP contribution in [-0.2, 0) is 14.6 Å². The maximum absolute atomic E-state index is 13.4. The highest BCUT2D eigenvalue weighted by atomic mass is 32.2. The number of rotatable bonds is 3. The average Bonchev–Trinajstić information content (AvgIpc) is 2.71. The monoisotopic (exact) mass is 374 g/mol. The van der Waals surface area contributed by atoms with E-state index in [-0.39, 0.29) is 10.7 Å². The summed E-state index contributed by atoms with van der Waals surface area (Å²) in [5.74, 6) is -0.288. The molecule has 2 aromatic rings. The van der Waals surface area contributed by atoms with Crippen molar-refractivity contribution in [1.82, 2.24) is 0 Å². The van der Waals surface area contributed by atoms with Gasteiger partial charge in [0.25, 0.3) is 0 Å². The molecule has 5 heteroatoms. The molecule has 0 bridgehead atoms. The molecule has 0 unspecified atom stereocenters. The van der Waals surface area contributed by atoms with E-state index < -0.39 is 21.0 Å². The molecule has 0 saturated carbocycles. The predicted molar refractivity (Wildman–Crippen MR) is 102 cm³/mol. The van der Waals surface area contributed by atoms with E-state index in [2.05, 4.69) is 0 Å². The highest BCUT2D eigenvalue weighted by molar-refractivity contribution is 7.90. The van der Waals surface area contributed by atoms with Crippen molar-refractivity contribution in [1.29, 1.82) is 0 Å². The van der Waals surface area contributed by atoms with Crippen LogP contribution in [0.1, 0.15) is 38.8 Å². The van der Waals surface area contributed by atoms with Gasteiger partial charge in [-0.1, -0.05) is 24.3 Å². The first-order valence-electron chi connectivity index (χ1n) is 8.44. The maximum Gasteiger partial charge on any atom is 0.175 e. The number of hydrogen-bond donors (Lipinski definition) is 0. The average molecular weight is 374 g/mol. The Morgan fingerprint density at radius 1 is 0.769 bits per heavy atom. The lowest BCUT2D eigenvalue weighted by Crippen LogP contribution is -2.29. The Morgan fingerprint density at radius 2 is 1.15 bits per heavy atom. The zero-order valence-corrected chi connectivity index (χ0v) is 16.4. The van der Waals surface area contributed by atoms with Gasteiger partial charge in [0, 0.05) is 6.26 Å². The number of ether oxygens (including phenoxy) is 1. The summed E-state index contributed by atoms with van der Waals surface area (Å²) in [6, 6.07) is 13.2. The van der Waals surface area contributed by atoms with Crippen molar-refractivity contribution in [3.8, 4) is 0 Å². The number of benzene rings is 2. The molecule has 0 spiro atoms. The molecule has 0 fully saturated rings.